The molecule has 1 heterocycles. The number of amides is 1. The second-order valence-electron chi connectivity index (χ2n) is 2.72. The van der Waals surface area contributed by atoms with Crippen molar-refractivity contribution in [2.24, 2.45) is 0 Å². The molecule has 0 aliphatic carbocycles. The number of rotatable bonds is 1. The standard InChI is InChI=1S/C10H6N2O2/c1-11-12-10(13)9-6-7-4-2-3-5-8(7)14-9/h1-6H/p+1. The van der Waals surface area contributed by atoms with Crippen LogP contribution in [0.15, 0.2) is 34.7 Å². The average molecular weight is 187 g/mol. The van der Waals surface area contributed by atoms with Crippen LogP contribution in [0.25, 0.3) is 15.9 Å². The molecule has 1 N–H and O–H groups in total. The molecule has 4 nitrogen and oxygen atoms in total. The van der Waals surface area contributed by atoms with E-state index >= 15 is 0 Å². The summed E-state index contributed by atoms with van der Waals surface area (Å²) in [6, 6.07) is 8.98. The maximum Gasteiger partial charge on any atom is 0.357 e. The van der Waals surface area contributed by atoms with Gasteiger partial charge >= 0.3 is 12.5 Å². The molecule has 4 heteroatoms. The maximum absolute atomic E-state index is 11.2. The van der Waals surface area contributed by atoms with Crippen molar-refractivity contribution in [3.8, 4) is 6.57 Å². The molecule has 14 heavy (non-hydrogen) atoms. The summed E-state index contributed by atoms with van der Waals surface area (Å²) in [5.41, 5.74) is 2.75. The third kappa shape index (κ3) is 1.31. The largest absolute Gasteiger partial charge is 0.451 e. The van der Waals surface area contributed by atoms with Crippen LogP contribution in [0.2, 0.25) is 0 Å². The molecule has 0 atom stereocenters. The van der Waals surface area contributed by atoms with Gasteiger partial charge in [-0.3, -0.25) is 4.79 Å². The molecule has 0 radical (unpaired) electrons. The summed E-state index contributed by atoms with van der Waals surface area (Å²) in [6.45, 7) is 4.81. The van der Waals surface area contributed by atoms with Crippen molar-refractivity contribution < 1.29 is 9.21 Å². The van der Waals surface area contributed by atoms with Gasteiger partial charge in [0.15, 0.2) is 5.76 Å². The van der Waals surface area contributed by atoms with E-state index in [0.717, 1.165) is 5.39 Å². The fraction of sp³-hybridized carbons (Fsp3) is 0. The zero-order valence-corrected chi connectivity index (χ0v) is 7.23. The molecule has 0 spiro atoms. The van der Waals surface area contributed by atoms with Crippen LogP contribution in [0.4, 0.5) is 0 Å². The molecule has 0 fully saturated rings. The van der Waals surface area contributed by atoms with Crippen molar-refractivity contribution in [3.63, 3.8) is 0 Å². The predicted molar refractivity (Wildman–Crippen MR) is 52.0 cm³/mol. The molecule has 0 saturated carbocycles. The number of fused-ring (bicyclic) bond motifs is 1. The summed E-state index contributed by atoms with van der Waals surface area (Å²) in [7, 11) is 0. The van der Waals surface area contributed by atoms with Crippen LogP contribution in [-0.4, -0.2) is 5.91 Å². The molecule has 0 unspecified atom stereocenters. The summed E-state index contributed by atoms with van der Waals surface area (Å²) < 4.78 is 5.25. The van der Waals surface area contributed by atoms with Crippen molar-refractivity contribution in [3.05, 3.63) is 41.0 Å². The van der Waals surface area contributed by atoms with Gasteiger partial charge in [-0.05, 0) is 17.6 Å². The van der Waals surface area contributed by atoms with Gasteiger partial charge in [0.2, 0.25) is 0 Å². The molecule has 2 aromatic rings. The summed E-state index contributed by atoms with van der Waals surface area (Å²) >= 11 is 0. The number of carbonyl (C=O) groups is 1. The van der Waals surface area contributed by atoms with Crippen molar-refractivity contribution >= 4 is 16.9 Å². The monoisotopic (exact) mass is 187 g/mol. The molecule has 0 aliphatic rings. The van der Waals surface area contributed by atoms with E-state index in [1.807, 2.05) is 18.2 Å². The molecule has 68 valence electrons. The van der Waals surface area contributed by atoms with Crippen LogP contribution in [0.5, 0.6) is 0 Å². The van der Waals surface area contributed by atoms with E-state index < -0.39 is 5.91 Å². The first-order chi connectivity index (χ1) is 6.81. The Balaban J connectivity index is 2.46. The van der Waals surface area contributed by atoms with Gasteiger partial charge < -0.3 is 4.42 Å². The highest BCUT2D eigenvalue weighted by Gasteiger charge is 2.14. The zero-order chi connectivity index (χ0) is 9.97. The molecule has 2 rings (SSSR count). The fourth-order valence-corrected chi connectivity index (χ4v) is 1.21. The first-order valence-corrected chi connectivity index (χ1v) is 4.00. The number of hydrogen-bond acceptors (Lipinski definition) is 2. The summed E-state index contributed by atoms with van der Waals surface area (Å²) in [4.78, 5) is 14.3. The number of benzene rings is 1. The Labute approximate surface area is 79.9 Å². The van der Waals surface area contributed by atoms with Gasteiger partial charge in [-0.15, -0.1) is 0 Å². The Kier molecular flexibility index (Phi) is 1.92. The van der Waals surface area contributed by atoms with Gasteiger partial charge in [0, 0.05) is 5.39 Å². The lowest BCUT2D eigenvalue weighted by Gasteiger charge is -1.84. The number of carbonyl (C=O) groups excluding carboxylic acids is 1. The fourth-order valence-electron chi connectivity index (χ4n) is 1.21. The summed E-state index contributed by atoms with van der Waals surface area (Å²) in [6.07, 6.45) is 0. The van der Waals surface area contributed by atoms with E-state index in [1.165, 1.54) is 0 Å². The highest BCUT2D eigenvalue weighted by Crippen LogP contribution is 2.18. The molecule has 0 saturated heterocycles. The van der Waals surface area contributed by atoms with E-state index in [4.69, 9.17) is 11.0 Å². The van der Waals surface area contributed by atoms with Gasteiger partial charge in [-0.25, -0.2) is 0 Å². The summed E-state index contributed by atoms with van der Waals surface area (Å²) in [5.74, 6) is -0.260. The first kappa shape index (κ1) is 8.32. The van der Waals surface area contributed by atoms with Gasteiger partial charge in [0.25, 0.3) is 0 Å². The van der Waals surface area contributed by atoms with Gasteiger partial charge in [0.1, 0.15) is 5.58 Å². The normalized spacial score (nSPS) is 9.64. The van der Waals surface area contributed by atoms with Crippen LogP contribution < -0.4 is 5.43 Å². The molecule has 1 aromatic heterocycles. The van der Waals surface area contributed by atoms with Crippen molar-refractivity contribution in [2.75, 3.05) is 0 Å². The van der Waals surface area contributed by atoms with Crippen LogP contribution in [-0.2, 0) is 0 Å². The number of hydrogen-bond donors (Lipinski definition) is 1. The quantitative estimate of drug-likeness (QED) is 0.694. The molecule has 0 aliphatic heterocycles. The highest BCUT2D eigenvalue weighted by molar-refractivity contribution is 5.96. The maximum atomic E-state index is 11.2. The summed E-state index contributed by atoms with van der Waals surface area (Å²) in [5, 5.41) is 0.870. The minimum atomic E-state index is -0.455. The molecule has 0 bridgehead atoms. The SMILES string of the molecule is C#[N+]NC(=O)c1cc2ccccc2o1. The van der Waals surface area contributed by atoms with Crippen LogP contribution in [0.3, 0.4) is 0 Å². The number of para-hydroxylation sites is 1. The topological polar surface area (TPSA) is 46.6 Å². The second-order valence-corrected chi connectivity index (χ2v) is 2.72. The molecule has 1 amide bonds. The van der Waals surface area contributed by atoms with Gasteiger partial charge in [0.05, 0.1) is 4.95 Å². The molecule has 1 aromatic carbocycles. The zero-order valence-electron chi connectivity index (χ0n) is 7.23. The Morgan fingerprint density at radius 2 is 2.21 bits per heavy atom. The first-order valence-electron chi connectivity index (χ1n) is 4.00. The number of nitrogens with one attached hydrogen (secondary N) is 1. The highest BCUT2D eigenvalue weighted by atomic mass is 16.3. The molecular formula is C10H7N2O2+. The average Bonchev–Trinajstić information content (AvgIpc) is 2.61. The predicted octanol–water partition coefficient (Wildman–Crippen LogP) is 2.04. The van der Waals surface area contributed by atoms with E-state index in [-0.39, 0.29) is 5.76 Å². The van der Waals surface area contributed by atoms with Crippen molar-refractivity contribution in [2.45, 2.75) is 0 Å². The minimum Gasteiger partial charge on any atom is -0.451 e. The second kappa shape index (κ2) is 3.23. The van der Waals surface area contributed by atoms with Crippen molar-refractivity contribution in [1.29, 1.82) is 0 Å². The van der Waals surface area contributed by atoms with E-state index in [0.29, 0.717) is 5.58 Å². The number of furan rings is 1. The minimum absolute atomic E-state index is 0.195. The Morgan fingerprint density at radius 1 is 1.43 bits per heavy atom. The van der Waals surface area contributed by atoms with E-state index in [2.05, 4.69) is 10.4 Å². The lowest BCUT2D eigenvalue weighted by molar-refractivity contribution is 0.0944. The Hall–Kier alpha value is -2.28. The van der Waals surface area contributed by atoms with Crippen molar-refractivity contribution in [1.82, 2.24) is 5.43 Å². The number of nitrogens with zero attached hydrogens (tertiary/aromatic N) is 1. The van der Waals surface area contributed by atoms with Gasteiger partial charge in [-0.2, -0.15) is 0 Å². The van der Waals surface area contributed by atoms with Crippen LogP contribution in [0.1, 0.15) is 10.6 Å². The van der Waals surface area contributed by atoms with E-state index in [9.17, 15) is 4.79 Å². The third-order valence-corrected chi connectivity index (χ3v) is 1.82. The Bertz CT molecular complexity index is 489. The molecular weight excluding hydrogens is 180 g/mol. The Morgan fingerprint density at radius 3 is 2.93 bits per heavy atom. The van der Waals surface area contributed by atoms with Crippen LogP contribution in [0, 0.1) is 6.57 Å². The lowest BCUT2D eigenvalue weighted by atomic mass is 10.2. The van der Waals surface area contributed by atoms with Gasteiger partial charge in [-0.1, -0.05) is 18.2 Å². The van der Waals surface area contributed by atoms with Crippen LogP contribution >= 0.6 is 0 Å². The van der Waals surface area contributed by atoms with E-state index in [1.54, 1.807) is 12.1 Å². The lowest BCUT2D eigenvalue weighted by Crippen LogP contribution is -2.13. The smallest absolute Gasteiger partial charge is 0.357 e. The third-order valence-electron chi connectivity index (χ3n) is 1.82.